The molecule has 0 radical (unpaired) electrons. The van der Waals surface area contributed by atoms with Gasteiger partial charge in [0.05, 0.1) is 0 Å². The van der Waals surface area contributed by atoms with Crippen LogP contribution in [0, 0.1) is 13.8 Å². The summed E-state index contributed by atoms with van der Waals surface area (Å²) in [4.78, 5) is 0. The molecule has 0 unspecified atom stereocenters. The van der Waals surface area contributed by atoms with Gasteiger partial charge in [-0.05, 0) is 49.5 Å². The molecule has 0 N–H and O–H groups in total. The van der Waals surface area contributed by atoms with Crippen LogP contribution in [0.4, 0.5) is 0 Å². The molecule has 0 heterocycles. The van der Waals surface area contributed by atoms with Crippen LogP contribution in [0.25, 0.3) is 5.57 Å². The smallest absolute Gasteiger partial charge is 0.00661 e. The van der Waals surface area contributed by atoms with Crippen molar-refractivity contribution in [1.29, 1.82) is 0 Å². The lowest BCUT2D eigenvalue weighted by atomic mass is 10.0. The van der Waals surface area contributed by atoms with Crippen molar-refractivity contribution in [1.82, 2.24) is 0 Å². The first-order valence-electron chi connectivity index (χ1n) is 4.95. The van der Waals surface area contributed by atoms with E-state index in [0.717, 1.165) is 11.8 Å². The Labute approximate surface area is 95.2 Å². The van der Waals surface area contributed by atoms with Gasteiger partial charge in [0.15, 0.2) is 0 Å². The van der Waals surface area contributed by atoms with Crippen LogP contribution >= 0.6 is 15.9 Å². The van der Waals surface area contributed by atoms with Crippen molar-refractivity contribution in [3.63, 3.8) is 0 Å². The predicted octanol–water partition coefficient (Wildman–Crippen LogP) is 4.49. The molecule has 0 saturated carbocycles. The minimum atomic E-state index is 1.04. The molecule has 0 nitrogen and oxygen atoms in total. The van der Waals surface area contributed by atoms with E-state index in [1.165, 1.54) is 22.3 Å². The summed E-state index contributed by atoms with van der Waals surface area (Å²) >= 11 is 3.43. The molecule has 0 aliphatic rings. The molecule has 0 amide bonds. The first kappa shape index (κ1) is 11.5. The lowest BCUT2D eigenvalue weighted by molar-refractivity contribution is 1.25. The van der Waals surface area contributed by atoms with Gasteiger partial charge >= 0.3 is 0 Å². The Kier molecular flexibility index (Phi) is 4.40. The maximum atomic E-state index is 3.43. The second-order valence-corrected chi connectivity index (χ2v) is 4.46. The fraction of sp³-hybridized carbons (Fsp3) is 0.385. The first-order valence-corrected chi connectivity index (χ1v) is 6.07. The standard InChI is InChI=1S/C13H17Br/c1-10-6-7-13(9-12(10)3)11(2)5-4-8-14/h5-7,9H,4,8H2,1-3H3/b11-5-. The van der Waals surface area contributed by atoms with Gasteiger partial charge in [0, 0.05) is 5.33 Å². The highest BCUT2D eigenvalue weighted by molar-refractivity contribution is 9.09. The molecule has 0 aromatic heterocycles. The number of alkyl halides is 1. The molecule has 0 atom stereocenters. The molecular weight excluding hydrogens is 236 g/mol. The van der Waals surface area contributed by atoms with E-state index in [0.29, 0.717) is 0 Å². The van der Waals surface area contributed by atoms with Gasteiger partial charge < -0.3 is 0 Å². The summed E-state index contributed by atoms with van der Waals surface area (Å²) in [5, 5.41) is 1.04. The summed E-state index contributed by atoms with van der Waals surface area (Å²) in [6.45, 7) is 6.49. The zero-order valence-electron chi connectivity index (χ0n) is 9.10. The van der Waals surface area contributed by atoms with E-state index in [1.807, 2.05) is 0 Å². The van der Waals surface area contributed by atoms with E-state index >= 15 is 0 Å². The molecule has 1 aromatic carbocycles. The van der Waals surface area contributed by atoms with Gasteiger partial charge in [0.25, 0.3) is 0 Å². The molecular formula is C13H17Br. The highest BCUT2D eigenvalue weighted by Crippen LogP contribution is 2.18. The van der Waals surface area contributed by atoms with Gasteiger partial charge in [-0.25, -0.2) is 0 Å². The van der Waals surface area contributed by atoms with E-state index in [4.69, 9.17) is 0 Å². The fourth-order valence-electron chi connectivity index (χ4n) is 1.38. The zero-order chi connectivity index (χ0) is 10.6. The van der Waals surface area contributed by atoms with Gasteiger partial charge in [-0.3, -0.25) is 0 Å². The molecule has 14 heavy (non-hydrogen) atoms. The van der Waals surface area contributed by atoms with Crippen molar-refractivity contribution in [2.75, 3.05) is 5.33 Å². The number of rotatable bonds is 3. The van der Waals surface area contributed by atoms with Crippen molar-refractivity contribution in [3.8, 4) is 0 Å². The minimum absolute atomic E-state index is 1.04. The molecule has 0 bridgehead atoms. The molecule has 1 aromatic rings. The van der Waals surface area contributed by atoms with Gasteiger partial charge in [-0.15, -0.1) is 0 Å². The minimum Gasteiger partial charge on any atom is -0.0925 e. The van der Waals surface area contributed by atoms with Crippen LogP contribution in [0.5, 0.6) is 0 Å². The Hall–Kier alpha value is -0.560. The van der Waals surface area contributed by atoms with E-state index < -0.39 is 0 Å². The van der Waals surface area contributed by atoms with Gasteiger partial charge in [0.1, 0.15) is 0 Å². The largest absolute Gasteiger partial charge is 0.0925 e. The molecule has 0 aliphatic carbocycles. The average Bonchev–Trinajstić information content (AvgIpc) is 2.18. The SMILES string of the molecule is C/C(=C/CCBr)c1ccc(C)c(C)c1. The maximum absolute atomic E-state index is 3.43. The predicted molar refractivity (Wildman–Crippen MR) is 68.0 cm³/mol. The Bertz CT molecular complexity index is 337. The van der Waals surface area contributed by atoms with Crippen LogP contribution in [0.15, 0.2) is 24.3 Å². The van der Waals surface area contributed by atoms with Crippen LogP contribution in [0.2, 0.25) is 0 Å². The summed E-state index contributed by atoms with van der Waals surface area (Å²) in [5.74, 6) is 0. The van der Waals surface area contributed by atoms with E-state index in [-0.39, 0.29) is 0 Å². The molecule has 0 fully saturated rings. The summed E-state index contributed by atoms with van der Waals surface area (Å²) in [6.07, 6.45) is 3.37. The monoisotopic (exact) mass is 252 g/mol. The lowest BCUT2D eigenvalue weighted by Gasteiger charge is -2.05. The third-order valence-corrected chi connectivity index (χ3v) is 2.98. The number of hydrogen-bond donors (Lipinski definition) is 0. The number of halogens is 1. The normalized spacial score (nSPS) is 11.9. The Morgan fingerprint density at radius 1 is 1.29 bits per heavy atom. The van der Waals surface area contributed by atoms with Crippen molar-refractivity contribution in [2.24, 2.45) is 0 Å². The highest BCUT2D eigenvalue weighted by Gasteiger charge is 1.97. The van der Waals surface area contributed by atoms with Crippen LogP contribution in [0.1, 0.15) is 30.0 Å². The summed E-state index contributed by atoms with van der Waals surface area (Å²) < 4.78 is 0. The number of aryl methyl sites for hydroxylation is 2. The summed E-state index contributed by atoms with van der Waals surface area (Å²) in [7, 11) is 0. The lowest BCUT2D eigenvalue weighted by Crippen LogP contribution is -1.85. The van der Waals surface area contributed by atoms with E-state index in [9.17, 15) is 0 Å². The van der Waals surface area contributed by atoms with Crippen LogP contribution in [0.3, 0.4) is 0 Å². The quantitative estimate of drug-likeness (QED) is 0.696. The highest BCUT2D eigenvalue weighted by atomic mass is 79.9. The van der Waals surface area contributed by atoms with Gasteiger partial charge in [-0.1, -0.05) is 40.2 Å². The van der Waals surface area contributed by atoms with Gasteiger partial charge in [-0.2, -0.15) is 0 Å². The molecule has 0 spiro atoms. The zero-order valence-corrected chi connectivity index (χ0v) is 10.7. The number of benzene rings is 1. The van der Waals surface area contributed by atoms with Crippen LogP contribution in [-0.2, 0) is 0 Å². The summed E-state index contributed by atoms with van der Waals surface area (Å²) in [6, 6.07) is 6.65. The molecule has 76 valence electrons. The van der Waals surface area contributed by atoms with E-state index in [1.54, 1.807) is 0 Å². The molecule has 0 aliphatic heterocycles. The number of allylic oxidation sites excluding steroid dienone is 2. The van der Waals surface area contributed by atoms with Crippen molar-refractivity contribution in [2.45, 2.75) is 27.2 Å². The Morgan fingerprint density at radius 3 is 2.57 bits per heavy atom. The van der Waals surface area contributed by atoms with Crippen LogP contribution < -0.4 is 0 Å². The first-order chi connectivity index (χ1) is 6.65. The van der Waals surface area contributed by atoms with Crippen molar-refractivity contribution >= 4 is 21.5 Å². The third-order valence-electron chi connectivity index (χ3n) is 2.52. The topological polar surface area (TPSA) is 0 Å². The Morgan fingerprint density at radius 2 is 2.00 bits per heavy atom. The molecule has 1 heteroatoms. The Balaban J connectivity index is 2.91. The van der Waals surface area contributed by atoms with Crippen molar-refractivity contribution < 1.29 is 0 Å². The number of hydrogen-bond acceptors (Lipinski definition) is 0. The van der Waals surface area contributed by atoms with E-state index in [2.05, 4.69) is 61.0 Å². The molecule has 0 saturated heterocycles. The second kappa shape index (κ2) is 5.35. The maximum Gasteiger partial charge on any atom is 0.00661 e. The van der Waals surface area contributed by atoms with Crippen molar-refractivity contribution in [3.05, 3.63) is 41.0 Å². The third kappa shape index (κ3) is 2.98. The average molecular weight is 253 g/mol. The summed E-state index contributed by atoms with van der Waals surface area (Å²) in [5.41, 5.74) is 5.44. The van der Waals surface area contributed by atoms with Crippen LogP contribution in [-0.4, -0.2) is 5.33 Å². The molecule has 1 rings (SSSR count). The fourth-order valence-corrected chi connectivity index (χ4v) is 1.60. The second-order valence-electron chi connectivity index (χ2n) is 3.66. The van der Waals surface area contributed by atoms with Gasteiger partial charge in [0.2, 0.25) is 0 Å².